The normalized spacial score (nSPS) is 13.0. The molecule has 3 nitrogen and oxygen atoms in total. The average molecular weight is 300 g/mol. The van der Waals surface area contributed by atoms with E-state index in [1.807, 2.05) is 39.0 Å². The van der Waals surface area contributed by atoms with Crippen molar-refractivity contribution in [2.75, 3.05) is 0 Å². The molecule has 0 saturated heterocycles. The molecule has 1 atom stereocenters. The number of hydrogen-bond donors (Lipinski definition) is 0. The maximum absolute atomic E-state index is 11.9. The third-order valence-electron chi connectivity index (χ3n) is 3.64. The molecule has 0 aliphatic rings. The fourth-order valence-corrected chi connectivity index (χ4v) is 2.40. The van der Waals surface area contributed by atoms with Gasteiger partial charge >= 0.3 is 6.16 Å². The van der Waals surface area contributed by atoms with E-state index in [1.165, 1.54) is 5.56 Å². The smallest absolute Gasteiger partial charge is 0.428 e. The molecule has 3 heteroatoms. The van der Waals surface area contributed by atoms with Crippen molar-refractivity contribution in [1.29, 1.82) is 0 Å². The molecule has 0 N–H and O–H groups in total. The predicted molar refractivity (Wildman–Crippen MR) is 89.5 cm³/mol. The molecule has 0 fully saturated rings. The van der Waals surface area contributed by atoms with E-state index < -0.39 is 11.8 Å². The summed E-state index contributed by atoms with van der Waals surface area (Å²) in [6, 6.07) is 11.9. The number of carbonyl (C=O) groups excluding carboxylic acids is 1. The van der Waals surface area contributed by atoms with Crippen LogP contribution < -0.4 is 4.74 Å². The van der Waals surface area contributed by atoms with Crippen molar-refractivity contribution < 1.29 is 14.3 Å². The first-order chi connectivity index (χ1) is 10.3. The minimum absolute atomic E-state index is 0.459. The van der Waals surface area contributed by atoms with Crippen molar-refractivity contribution >= 4 is 16.9 Å². The first-order valence-electron chi connectivity index (χ1n) is 7.74. The molecular weight excluding hydrogens is 276 g/mol. The molecule has 2 rings (SSSR count). The van der Waals surface area contributed by atoms with Crippen LogP contribution in [0, 0.1) is 0 Å². The van der Waals surface area contributed by atoms with Gasteiger partial charge in [0.05, 0.1) is 0 Å². The van der Waals surface area contributed by atoms with Crippen LogP contribution in [-0.4, -0.2) is 11.8 Å². The number of rotatable bonds is 3. The van der Waals surface area contributed by atoms with Gasteiger partial charge in [-0.05, 0) is 50.1 Å². The largest absolute Gasteiger partial charge is 0.514 e. The number of benzene rings is 2. The first-order valence-corrected chi connectivity index (χ1v) is 7.74. The molecule has 0 radical (unpaired) electrons. The molecule has 0 amide bonds. The highest BCUT2D eigenvalue weighted by Crippen LogP contribution is 2.33. The maximum atomic E-state index is 11.9. The van der Waals surface area contributed by atoms with Crippen molar-refractivity contribution in [3.63, 3.8) is 0 Å². The Balaban J connectivity index is 2.38. The zero-order chi connectivity index (χ0) is 16.3. The lowest BCUT2D eigenvalue weighted by atomic mass is 9.93. The molecule has 22 heavy (non-hydrogen) atoms. The fraction of sp³-hybridized carbons (Fsp3) is 0.421. The summed E-state index contributed by atoms with van der Waals surface area (Å²) in [6.45, 7) is 9.83. The fourth-order valence-electron chi connectivity index (χ4n) is 2.40. The maximum Gasteiger partial charge on any atom is 0.514 e. The van der Waals surface area contributed by atoms with E-state index in [0.717, 1.165) is 17.2 Å². The molecule has 0 saturated carbocycles. The van der Waals surface area contributed by atoms with Gasteiger partial charge in [0.25, 0.3) is 0 Å². The van der Waals surface area contributed by atoms with E-state index in [2.05, 4.69) is 26.0 Å². The van der Waals surface area contributed by atoms with E-state index in [1.54, 1.807) is 6.07 Å². The van der Waals surface area contributed by atoms with E-state index in [-0.39, 0.29) is 0 Å². The number of fused-ring (bicyclic) bond motifs is 1. The van der Waals surface area contributed by atoms with Crippen LogP contribution >= 0.6 is 0 Å². The SMILES string of the molecule is CCC(C)c1cccc2c(OC(=O)OC(C)(C)C)cccc12. The Bertz CT molecular complexity index is 668. The van der Waals surface area contributed by atoms with Crippen LogP contribution in [-0.2, 0) is 4.74 Å². The highest BCUT2D eigenvalue weighted by molar-refractivity contribution is 5.92. The van der Waals surface area contributed by atoms with E-state index >= 15 is 0 Å². The van der Waals surface area contributed by atoms with Crippen LogP contribution in [0.4, 0.5) is 4.79 Å². The molecule has 2 aromatic carbocycles. The summed E-state index contributed by atoms with van der Waals surface area (Å²) in [7, 11) is 0. The van der Waals surface area contributed by atoms with Crippen LogP contribution in [0.1, 0.15) is 52.5 Å². The summed E-state index contributed by atoms with van der Waals surface area (Å²) in [5, 5.41) is 2.06. The van der Waals surface area contributed by atoms with Gasteiger partial charge < -0.3 is 9.47 Å². The summed E-state index contributed by atoms with van der Waals surface area (Å²) >= 11 is 0. The van der Waals surface area contributed by atoms with Crippen LogP contribution in [0.25, 0.3) is 10.8 Å². The van der Waals surface area contributed by atoms with Gasteiger partial charge in [-0.1, -0.05) is 44.2 Å². The van der Waals surface area contributed by atoms with Gasteiger partial charge in [0.1, 0.15) is 11.4 Å². The average Bonchev–Trinajstić information content (AvgIpc) is 2.44. The second-order valence-corrected chi connectivity index (χ2v) is 6.57. The third-order valence-corrected chi connectivity index (χ3v) is 3.64. The number of carbonyl (C=O) groups is 1. The van der Waals surface area contributed by atoms with Crippen LogP contribution in [0.2, 0.25) is 0 Å². The molecule has 118 valence electrons. The zero-order valence-electron chi connectivity index (χ0n) is 14.0. The van der Waals surface area contributed by atoms with Gasteiger partial charge in [-0.15, -0.1) is 0 Å². The quantitative estimate of drug-likeness (QED) is 0.541. The van der Waals surface area contributed by atoms with E-state index in [4.69, 9.17) is 9.47 Å². The number of hydrogen-bond acceptors (Lipinski definition) is 3. The minimum Gasteiger partial charge on any atom is -0.428 e. The van der Waals surface area contributed by atoms with E-state index in [9.17, 15) is 4.79 Å². The topological polar surface area (TPSA) is 35.5 Å². The molecular formula is C19H24O3. The Morgan fingerprint density at radius 2 is 1.73 bits per heavy atom. The molecule has 1 unspecified atom stereocenters. The predicted octanol–water partition coefficient (Wildman–Crippen LogP) is 5.67. The van der Waals surface area contributed by atoms with Gasteiger partial charge in [-0.2, -0.15) is 0 Å². The lowest BCUT2D eigenvalue weighted by Gasteiger charge is -2.19. The van der Waals surface area contributed by atoms with Crippen molar-refractivity contribution in [3.05, 3.63) is 42.0 Å². The van der Waals surface area contributed by atoms with E-state index in [0.29, 0.717) is 11.7 Å². The standard InChI is InChI=1S/C19H24O3/c1-6-13(2)14-9-7-11-16-15(14)10-8-12-17(16)21-18(20)22-19(3,4)5/h7-13H,6H2,1-5H3. The summed E-state index contributed by atoms with van der Waals surface area (Å²) in [4.78, 5) is 11.9. The Hall–Kier alpha value is -2.03. The highest BCUT2D eigenvalue weighted by Gasteiger charge is 2.19. The zero-order valence-corrected chi connectivity index (χ0v) is 14.0. The Morgan fingerprint density at radius 3 is 2.36 bits per heavy atom. The Labute approximate surface area is 132 Å². The summed E-state index contributed by atoms with van der Waals surface area (Å²) < 4.78 is 10.6. The van der Waals surface area contributed by atoms with Crippen molar-refractivity contribution in [2.24, 2.45) is 0 Å². The van der Waals surface area contributed by atoms with Gasteiger partial charge in [0.15, 0.2) is 0 Å². The van der Waals surface area contributed by atoms with Gasteiger partial charge in [-0.3, -0.25) is 0 Å². The summed E-state index contributed by atoms with van der Waals surface area (Å²) in [5.41, 5.74) is 0.707. The second-order valence-electron chi connectivity index (χ2n) is 6.57. The monoisotopic (exact) mass is 300 g/mol. The third kappa shape index (κ3) is 3.79. The van der Waals surface area contributed by atoms with Crippen molar-refractivity contribution in [3.8, 4) is 5.75 Å². The molecule has 0 heterocycles. The lowest BCUT2D eigenvalue weighted by Crippen LogP contribution is -2.26. The molecule has 0 bridgehead atoms. The molecule has 0 aliphatic carbocycles. The summed E-state index contributed by atoms with van der Waals surface area (Å²) in [6.07, 6.45) is 0.393. The Kier molecular flexibility index (Phi) is 4.74. The highest BCUT2D eigenvalue weighted by atomic mass is 16.7. The molecule has 0 aliphatic heterocycles. The van der Waals surface area contributed by atoms with Gasteiger partial charge in [0, 0.05) is 5.39 Å². The Morgan fingerprint density at radius 1 is 1.09 bits per heavy atom. The summed E-state index contributed by atoms with van der Waals surface area (Å²) in [5.74, 6) is 0.998. The first kappa shape index (κ1) is 16.3. The minimum atomic E-state index is -0.672. The van der Waals surface area contributed by atoms with Gasteiger partial charge in [0.2, 0.25) is 0 Å². The molecule has 0 aromatic heterocycles. The van der Waals surface area contributed by atoms with Crippen LogP contribution in [0.5, 0.6) is 5.75 Å². The molecule has 2 aromatic rings. The second kappa shape index (κ2) is 6.39. The van der Waals surface area contributed by atoms with Crippen molar-refractivity contribution in [2.45, 2.75) is 52.6 Å². The molecule has 0 spiro atoms. The van der Waals surface area contributed by atoms with Crippen molar-refractivity contribution in [1.82, 2.24) is 0 Å². The lowest BCUT2D eigenvalue weighted by molar-refractivity contribution is 0.0209. The van der Waals surface area contributed by atoms with Crippen LogP contribution in [0.3, 0.4) is 0 Å². The number of ether oxygens (including phenoxy) is 2. The van der Waals surface area contributed by atoms with Gasteiger partial charge in [-0.25, -0.2) is 4.79 Å². The van der Waals surface area contributed by atoms with Crippen LogP contribution in [0.15, 0.2) is 36.4 Å².